The molecule has 0 spiro atoms. The van der Waals surface area contributed by atoms with Crippen molar-refractivity contribution < 1.29 is 17.9 Å². The fraction of sp³-hybridized carbons (Fsp3) is 0.500. The molecule has 0 saturated carbocycles. The highest BCUT2D eigenvalue weighted by molar-refractivity contribution is 7.89. The molecule has 1 aromatic carbocycles. The van der Waals surface area contributed by atoms with E-state index in [1.54, 1.807) is 6.92 Å². The van der Waals surface area contributed by atoms with Crippen molar-refractivity contribution in [2.45, 2.75) is 37.6 Å². The first-order chi connectivity index (χ1) is 8.81. The van der Waals surface area contributed by atoms with E-state index in [-0.39, 0.29) is 28.8 Å². The van der Waals surface area contributed by atoms with Gasteiger partial charge in [0, 0.05) is 23.9 Å². The van der Waals surface area contributed by atoms with Gasteiger partial charge in [0.2, 0.25) is 10.0 Å². The summed E-state index contributed by atoms with van der Waals surface area (Å²) in [7, 11) is -3.85. The third kappa shape index (κ3) is 3.89. The third-order valence-electron chi connectivity index (χ3n) is 2.90. The second-order valence-electron chi connectivity index (χ2n) is 4.36. The van der Waals surface area contributed by atoms with Crippen molar-refractivity contribution in [1.82, 2.24) is 4.72 Å². The zero-order valence-electron chi connectivity index (χ0n) is 11.0. The van der Waals surface area contributed by atoms with Crippen LogP contribution in [0.5, 0.6) is 0 Å². The predicted octanol–water partition coefficient (Wildman–Crippen LogP) is 1.16. The molecule has 0 aliphatic rings. The number of halogens is 1. The van der Waals surface area contributed by atoms with Crippen molar-refractivity contribution in [2.24, 2.45) is 0 Å². The number of nitrogen functional groups attached to an aromatic ring is 1. The van der Waals surface area contributed by atoms with Gasteiger partial charge in [0.05, 0.1) is 4.90 Å². The van der Waals surface area contributed by atoms with Crippen molar-refractivity contribution in [3.05, 3.63) is 23.5 Å². The van der Waals surface area contributed by atoms with Crippen LogP contribution >= 0.6 is 0 Å². The second kappa shape index (κ2) is 6.31. The lowest BCUT2D eigenvalue weighted by Gasteiger charge is -2.17. The molecular formula is C12H19FN2O3S. The van der Waals surface area contributed by atoms with E-state index in [4.69, 9.17) is 10.8 Å². The molecule has 0 saturated heterocycles. The molecule has 0 aliphatic carbocycles. The number of nitrogens with one attached hydrogen (secondary N) is 1. The Morgan fingerprint density at radius 3 is 2.63 bits per heavy atom. The van der Waals surface area contributed by atoms with E-state index in [9.17, 15) is 12.8 Å². The van der Waals surface area contributed by atoms with Gasteiger partial charge < -0.3 is 10.8 Å². The lowest BCUT2D eigenvalue weighted by molar-refractivity contribution is 0.270. The Kier molecular flexibility index (Phi) is 5.28. The molecule has 1 aromatic rings. The average Bonchev–Trinajstić information content (AvgIpc) is 2.32. The van der Waals surface area contributed by atoms with Gasteiger partial charge in [0.25, 0.3) is 0 Å². The van der Waals surface area contributed by atoms with Crippen LogP contribution in [-0.2, 0) is 10.0 Å². The van der Waals surface area contributed by atoms with Crippen LogP contribution < -0.4 is 10.5 Å². The van der Waals surface area contributed by atoms with E-state index in [1.807, 2.05) is 0 Å². The Labute approximate surface area is 112 Å². The number of aliphatic hydroxyl groups is 1. The van der Waals surface area contributed by atoms with Gasteiger partial charge in [-0.25, -0.2) is 17.5 Å². The normalized spacial score (nSPS) is 13.5. The van der Waals surface area contributed by atoms with E-state index >= 15 is 0 Å². The maximum atomic E-state index is 13.5. The number of nitrogens with two attached hydrogens (primary N) is 1. The highest BCUT2D eigenvalue weighted by atomic mass is 32.2. The number of benzene rings is 1. The lowest BCUT2D eigenvalue weighted by atomic mass is 10.2. The minimum absolute atomic E-state index is 0.0283. The molecule has 0 radical (unpaired) electrons. The van der Waals surface area contributed by atoms with Gasteiger partial charge in [-0.05, 0) is 31.9 Å². The Bertz CT molecular complexity index is 546. The molecule has 1 rings (SSSR count). The summed E-state index contributed by atoms with van der Waals surface area (Å²) in [6.07, 6.45) is 0.837. The third-order valence-corrected chi connectivity index (χ3v) is 4.55. The monoisotopic (exact) mass is 290 g/mol. The van der Waals surface area contributed by atoms with Gasteiger partial charge in [0.15, 0.2) is 0 Å². The molecule has 0 aromatic heterocycles. The maximum Gasteiger partial charge on any atom is 0.241 e. The van der Waals surface area contributed by atoms with Crippen molar-refractivity contribution in [3.8, 4) is 0 Å². The topological polar surface area (TPSA) is 92.4 Å². The van der Waals surface area contributed by atoms with Crippen molar-refractivity contribution in [3.63, 3.8) is 0 Å². The predicted molar refractivity (Wildman–Crippen MR) is 71.7 cm³/mol. The van der Waals surface area contributed by atoms with Crippen LogP contribution in [0.15, 0.2) is 17.0 Å². The van der Waals surface area contributed by atoms with E-state index in [2.05, 4.69) is 4.72 Å². The molecule has 1 atom stereocenters. The van der Waals surface area contributed by atoms with Gasteiger partial charge in [0.1, 0.15) is 5.82 Å². The molecule has 7 heteroatoms. The zero-order chi connectivity index (χ0) is 14.6. The minimum Gasteiger partial charge on any atom is -0.399 e. The SMILES string of the molecule is CCC(CCO)NS(=O)(=O)c1cc(N)cc(F)c1C. The molecule has 19 heavy (non-hydrogen) atoms. The molecule has 5 nitrogen and oxygen atoms in total. The second-order valence-corrected chi connectivity index (χ2v) is 6.05. The minimum atomic E-state index is -3.85. The zero-order valence-corrected chi connectivity index (χ0v) is 11.8. The molecule has 0 aliphatic heterocycles. The Morgan fingerprint density at radius 1 is 1.47 bits per heavy atom. The van der Waals surface area contributed by atoms with Crippen LogP contribution in [0.1, 0.15) is 25.3 Å². The standard InChI is InChI=1S/C12H19FN2O3S/c1-3-10(4-5-16)15-19(17,18)12-7-9(14)6-11(13)8(12)2/h6-7,10,15-16H,3-5,14H2,1-2H3. The van der Waals surface area contributed by atoms with Crippen LogP contribution in [0.4, 0.5) is 10.1 Å². The fourth-order valence-electron chi connectivity index (χ4n) is 1.74. The molecule has 0 bridgehead atoms. The first-order valence-corrected chi connectivity index (χ1v) is 7.49. The molecule has 0 amide bonds. The molecule has 1 unspecified atom stereocenters. The summed E-state index contributed by atoms with van der Waals surface area (Å²) < 4.78 is 40.3. The molecule has 4 N–H and O–H groups in total. The average molecular weight is 290 g/mol. The van der Waals surface area contributed by atoms with Gasteiger partial charge in [-0.3, -0.25) is 0 Å². The summed E-state index contributed by atoms with van der Waals surface area (Å²) >= 11 is 0. The summed E-state index contributed by atoms with van der Waals surface area (Å²) in [6.45, 7) is 3.07. The van der Waals surface area contributed by atoms with Gasteiger partial charge >= 0.3 is 0 Å². The van der Waals surface area contributed by atoms with Gasteiger partial charge in [-0.15, -0.1) is 0 Å². The molecular weight excluding hydrogens is 271 g/mol. The molecule has 0 heterocycles. The lowest BCUT2D eigenvalue weighted by Crippen LogP contribution is -2.35. The number of anilines is 1. The van der Waals surface area contributed by atoms with Gasteiger partial charge in [-0.1, -0.05) is 6.92 Å². The van der Waals surface area contributed by atoms with E-state index in [1.165, 1.54) is 13.0 Å². The quantitative estimate of drug-likeness (QED) is 0.685. The maximum absolute atomic E-state index is 13.5. The smallest absolute Gasteiger partial charge is 0.241 e. The Balaban J connectivity index is 3.13. The van der Waals surface area contributed by atoms with Crippen LogP contribution in [0.2, 0.25) is 0 Å². The van der Waals surface area contributed by atoms with Crippen molar-refractivity contribution in [2.75, 3.05) is 12.3 Å². The molecule has 0 fully saturated rings. The van der Waals surface area contributed by atoms with Crippen molar-refractivity contribution in [1.29, 1.82) is 0 Å². The number of hydrogen-bond acceptors (Lipinski definition) is 4. The summed E-state index contributed by atoms with van der Waals surface area (Å²) in [5.74, 6) is -0.657. The van der Waals surface area contributed by atoms with E-state index in [0.717, 1.165) is 6.07 Å². The van der Waals surface area contributed by atoms with E-state index < -0.39 is 15.8 Å². The fourth-order valence-corrected chi connectivity index (χ4v) is 3.38. The van der Waals surface area contributed by atoms with Crippen LogP contribution in [0.3, 0.4) is 0 Å². The highest BCUT2D eigenvalue weighted by Crippen LogP contribution is 2.22. The van der Waals surface area contributed by atoms with Crippen LogP contribution in [0, 0.1) is 12.7 Å². The largest absolute Gasteiger partial charge is 0.399 e. The first-order valence-electron chi connectivity index (χ1n) is 6.00. The number of aliphatic hydroxyl groups excluding tert-OH is 1. The molecule has 108 valence electrons. The highest BCUT2D eigenvalue weighted by Gasteiger charge is 2.22. The number of rotatable bonds is 6. The summed E-state index contributed by atoms with van der Waals surface area (Å²) in [5, 5.41) is 8.86. The van der Waals surface area contributed by atoms with Crippen LogP contribution in [0.25, 0.3) is 0 Å². The van der Waals surface area contributed by atoms with Gasteiger partial charge in [-0.2, -0.15) is 0 Å². The summed E-state index contributed by atoms with van der Waals surface area (Å²) in [4.78, 5) is -0.165. The van der Waals surface area contributed by atoms with Crippen molar-refractivity contribution >= 4 is 15.7 Å². The number of hydrogen-bond donors (Lipinski definition) is 3. The summed E-state index contributed by atoms with van der Waals surface area (Å²) in [5.41, 5.74) is 5.56. The Morgan fingerprint density at radius 2 is 2.11 bits per heavy atom. The Hall–Kier alpha value is -1.18. The van der Waals surface area contributed by atoms with E-state index in [0.29, 0.717) is 12.8 Å². The summed E-state index contributed by atoms with van der Waals surface area (Å²) in [6, 6.07) is 1.92. The first kappa shape index (κ1) is 15.9. The number of sulfonamides is 1. The van der Waals surface area contributed by atoms with Crippen LogP contribution in [-0.4, -0.2) is 26.2 Å².